The maximum atomic E-state index is 11.2. The SMILES string of the molecule is C#Cc1ccc(-c2ccccc2C#C)cc1NC(C)=O. The first kappa shape index (κ1) is 13.5. The van der Waals surface area contributed by atoms with Crippen LogP contribution in [0.1, 0.15) is 18.1 Å². The fourth-order valence-electron chi connectivity index (χ4n) is 1.99. The van der Waals surface area contributed by atoms with Gasteiger partial charge < -0.3 is 5.32 Å². The van der Waals surface area contributed by atoms with Gasteiger partial charge in [0.25, 0.3) is 0 Å². The summed E-state index contributed by atoms with van der Waals surface area (Å²) in [4.78, 5) is 11.2. The molecule has 0 aliphatic rings. The second-order valence-electron chi connectivity index (χ2n) is 4.28. The maximum absolute atomic E-state index is 11.2. The van der Waals surface area contributed by atoms with E-state index in [1.54, 1.807) is 6.07 Å². The largest absolute Gasteiger partial charge is 0.325 e. The number of carbonyl (C=O) groups is 1. The Kier molecular flexibility index (Phi) is 3.89. The first-order valence-electron chi connectivity index (χ1n) is 6.10. The lowest BCUT2D eigenvalue weighted by molar-refractivity contribution is -0.114. The summed E-state index contributed by atoms with van der Waals surface area (Å²) in [5, 5.41) is 2.74. The third-order valence-corrected chi connectivity index (χ3v) is 2.88. The summed E-state index contributed by atoms with van der Waals surface area (Å²) in [6.07, 6.45) is 10.9. The molecule has 1 N–H and O–H groups in total. The average Bonchev–Trinajstić information content (AvgIpc) is 2.46. The van der Waals surface area contributed by atoms with Crippen molar-refractivity contribution in [2.75, 3.05) is 5.32 Å². The van der Waals surface area contributed by atoms with Crippen molar-refractivity contribution in [2.24, 2.45) is 0 Å². The van der Waals surface area contributed by atoms with Crippen molar-refractivity contribution in [1.82, 2.24) is 0 Å². The molecule has 0 saturated carbocycles. The summed E-state index contributed by atoms with van der Waals surface area (Å²) >= 11 is 0. The number of hydrogen-bond donors (Lipinski definition) is 1. The second-order valence-corrected chi connectivity index (χ2v) is 4.28. The molecule has 0 saturated heterocycles. The van der Waals surface area contributed by atoms with Crippen LogP contribution in [-0.2, 0) is 4.79 Å². The van der Waals surface area contributed by atoms with Gasteiger partial charge in [-0.25, -0.2) is 0 Å². The normalized spacial score (nSPS) is 9.35. The van der Waals surface area contributed by atoms with Crippen LogP contribution in [0.2, 0.25) is 0 Å². The van der Waals surface area contributed by atoms with Crippen LogP contribution in [0.3, 0.4) is 0 Å². The van der Waals surface area contributed by atoms with Gasteiger partial charge >= 0.3 is 0 Å². The van der Waals surface area contributed by atoms with Crippen LogP contribution in [0, 0.1) is 24.7 Å². The van der Waals surface area contributed by atoms with Crippen LogP contribution >= 0.6 is 0 Å². The summed E-state index contributed by atoms with van der Waals surface area (Å²) in [7, 11) is 0. The maximum Gasteiger partial charge on any atom is 0.221 e. The number of terminal acetylenes is 2. The summed E-state index contributed by atoms with van der Waals surface area (Å²) < 4.78 is 0. The Labute approximate surface area is 118 Å². The minimum atomic E-state index is -0.163. The van der Waals surface area contributed by atoms with Gasteiger partial charge in [-0.05, 0) is 29.3 Å². The Balaban J connectivity index is 2.57. The highest BCUT2D eigenvalue weighted by molar-refractivity contribution is 5.91. The molecular formula is C18H13NO. The van der Waals surface area contributed by atoms with Gasteiger partial charge in [-0.1, -0.05) is 36.1 Å². The zero-order valence-electron chi connectivity index (χ0n) is 11.1. The fourth-order valence-corrected chi connectivity index (χ4v) is 1.99. The van der Waals surface area contributed by atoms with E-state index in [2.05, 4.69) is 17.2 Å². The number of rotatable bonds is 2. The Morgan fingerprint density at radius 2 is 1.75 bits per heavy atom. The van der Waals surface area contributed by atoms with Crippen molar-refractivity contribution in [1.29, 1.82) is 0 Å². The van der Waals surface area contributed by atoms with E-state index in [1.807, 2.05) is 36.4 Å². The molecule has 0 aliphatic heterocycles. The van der Waals surface area contributed by atoms with Gasteiger partial charge in [-0.15, -0.1) is 12.8 Å². The molecule has 2 rings (SSSR count). The van der Waals surface area contributed by atoms with Crippen LogP contribution in [0.25, 0.3) is 11.1 Å². The lowest BCUT2D eigenvalue weighted by atomic mass is 9.98. The standard InChI is InChI=1S/C18H13NO/c1-4-14-8-6-7-9-17(14)16-11-10-15(5-2)18(12-16)19-13(3)20/h1-2,6-12H,3H3,(H,19,20). The Bertz CT molecular complexity index is 745. The summed E-state index contributed by atoms with van der Waals surface area (Å²) in [5.74, 6) is 5.05. The second kappa shape index (κ2) is 5.78. The predicted molar refractivity (Wildman–Crippen MR) is 82.1 cm³/mol. The van der Waals surface area contributed by atoms with Gasteiger partial charge in [-0.3, -0.25) is 4.79 Å². The number of benzene rings is 2. The molecule has 20 heavy (non-hydrogen) atoms. The van der Waals surface area contributed by atoms with Crippen molar-refractivity contribution in [3.8, 4) is 35.8 Å². The molecule has 0 aliphatic carbocycles. The Hall–Kier alpha value is -2.97. The highest BCUT2D eigenvalue weighted by Crippen LogP contribution is 2.27. The molecule has 0 bridgehead atoms. The topological polar surface area (TPSA) is 29.1 Å². The van der Waals surface area contributed by atoms with Crippen LogP contribution in [0.5, 0.6) is 0 Å². The summed E-state index contributed by atoms with van der Waals surface area (Å²) in [5.41, 5.74) is 3.91. The third-order valence-electron chi connectivity index (χ3n) is 2.88. The van der Waals surface area contributed by atoms with Gasteiger partial charge in [0, 0.05) is 18.1 Å². The van der Waals surface area contributed by atoms with Crippen molar-refractivity contribution in [2.45, 2.75) is 6.92 Å². The van der Waals surface area contributed by atoms with E-state index < -0.39 is 0 Å². The van der Waals surface area contributed by atoms with Crippen LogP contribution < -0.4 is 5.32 Å². The number of anilines is 1. The molecule has 0 atom stereocenters. The van der Waals surface area contributed by atoms with E-state index in [9.17, 15) is 4.79 Å². The van der Waals surface area contributed by atoms with Gasteiger partial charge in [0.15, 0.2) is 0 Å². The van der Waals surface area contributed by atoms with Crippen molar-refractivity contribution >= 4 is 11.6 Å². The van der Waals surface area contributed by atoms with E-state index in [-0.39, 0.29) is 5.91 Å². The summed E-state index contributed by atoms with van der Waals surface area (Å²) in [6.45, 7) is 1.45. The highest BCUT2D eigenvalue weighted by Gasteiger charge is 2.07. The molecule has 96 valence electrons. The molecule has 0 unspecified atom stereocenters. The zero-order chi connectivity index (χ0) is 14.5. The van der Waals surface area contributed by atoms with Gasteiger partial charge in [0.05, 0.1) is 5.69 Å². The molecule has 0 heterocycles. The molecule has 2 aromatic rings. The molecule has 0 spiro atoms. The lowest BCUT2D eigenvalue weighted by Gasteiger charge is -2.10. The molecule has 2 heteroatoms. The number of carbonyl (C=O) groups excluding carboxylic acids is 1. The third kappa shape index (κ3) is 2.71. The number of amides is 1. The molecule has 0 fully saturated rings. The number of hydrogen-bond acceptors (Lipinski definition) is 1. The van der Waals surface area contributed by atoms with Gasteiger partial charge in [0.2, 0.25) is 5.91 Å². The van der Waals surface area contributed by atoms with Crippen LogP contribution in [0.15, 0.2) is 42.5 Å². The van der Waals surface area contributed by atoms with E-state index >= 15 is 0 Å². The van der Waals surface area contributed by atoms with E-state index in [1.165, 1.54) is 6.92 Å². The molecule has 2 aromatic carbocycles. The first-order valence-corrected chi connectivity index (χ1v) is 6.10. The summed E-state index contributed by atoms with van der Waals surface area (Å²) in [6, 6.07) is 13.2. The van der Waals surface area contributed by atoms with Gasteiger partial charge in [-0.2, -0.15) is 0 Å². The number of nitrogens with one attached hydrogen (secondary N) is 1. The van der Waals surface area contributed by atoms with E-state index in [0.717, 1.165) is 16.7 Å². The lowest BCUT2D eigenvalue weighted by Crippen LogP contribution is -2.07. The van der Waals surface area contributed by atoms with Crippen LogP contribution in [-0.4, -0.2) is 5.91 Å². The van der Waals surface area contributed by atoms with Gasteiger partial charge in [0.1, 0.15) is 0 Å². The predicted octanol–water partition coefficient (Wildman–Crippen LogP) is 3.27. The molecule has 1 amide bonds. The zero-order valence-corrected chi connectivity index (χ0v) is 11.1. The smallest absolute Gasteiger partial charge is 0.221 e. The molecular weight excluding hydrogens is 246 g/mol. The quantitative estimate of drug-likeness (QED) is 0.824. The van der Waals surface area contributed by atoms with Crippen molar-refractivity contribution < 1.29 is 4.79 Å². The minimum absolute atomic E-state index is 0.163. The van der Waals surface area contributed by atoms with E-state index in [4.69, 9.17) is 12.8 Å². The molecule has 0 aromatic heterocycles. The minimum Gasteiger partial charge on any atom is -0.325 e. The average molecular weight is 259 g/mol. The highest BCUT2D eigenvalue weighted by atomic mass is 16.1. The van der Waals surface area contributed by atoms with E-state index in [0.29, 0.717) is 11.3 Å². The first-order chi connectivity index (χ1) is 9.65. The fraction of sp³-hybridized carbons (Fsp3) is 0.0556. The monoisotopic (exact) mass is 259 g/mol. The Morgan fingerprint density at radius 1 is 1.05 bits per heavy atom. The van der Waals surface area contributed by atoms with Crippen LogP contribution in [0.4, 0.5) is 5.69 Å². The molecule has 0 radical (unpaired) electrons. The van der Waals surface area contributed by atoms with Crippen molar-refractivity contribution in [3.63, 3.8) is 0 Å². The Morgan fingerprint density at radius 3 is 2.40 bits per heavy atom. The van der Waals surface area contributed by atoms with Crippen molar-refractivity contribution in [3.05, 3.63) is 53.6 Å². The molecule has 2 nitrogen and oxygen atoms in total.